The molecule has 0 bridgehead atoms. The van der Waals surface area contributed by atoms with E-state index in [1.807, 2.05) is 6.07 Å². The average molecular weight is 305 g/mol. The molecule has 1 aliphatic rings. The van der Waals surface area contributed by atoms with Gasteiger partial charge in [-0.25, -0.2) is 0 Å². The molecule has 1 aromatic carbocycles. The van der Waals surface area contributed by atoms with Gasteiger partial charge in [0.15, 0.2) is 0 Å². The molecule has 1 N–H and O–H groups in total. The Bertz CT molecular complexity index is 647. The highest BCUT2D eigenvalue weighted by Gasteiger charge is 2.38. The van der Waals surface area contributed by atoms with Gasteiger partial charge in [0.05, 0.1) is 6.54 Å². The Morgan fingerprint density at radius 1 is 1.43 bits per heavy atom. The van der Waals surface area contributed by atoms with Gasteiger partial charge in [0.25, 0.3) is 0 Å². The van der Waals surface area contributed by atoms with Crippen LogP contribution in [-0.2, 0) is 19.5 Å². The van der Waals surface area contributed by atoms with Crippen molar-refractivity contribution < 1.29 is 0 Å². The minimum absolute atomic E-state index is 0.171. The lowest BCUT2D eigenvalue weighted by Crippen LogP contribution is -2.31. The van der Waals surface area contributed by atoms with Crippen molar-refractivity contribution in [3.8, 4) is 0 Å². The summed E-state index contributed by atoms with van der Waals surface area (Å²) >= 11 is 6.17. The zero-order chi connectivity index (χ0) is 15.0. The molecule has 0 amide bonds. The summed E-state index contributed by atoms with van der Waals surface area (Å²) in [5.74, 6) is 0.976. The van der Waals surface area contributed by atoms with E-state index >= 15 is 0 Å². The fraction of sp³-hybridized carbons (Fsp3) is 0.500. The summed E-state index contributed by atoms with van der Waals surface area (Å²) in [7, 11) is 0. The molecule has 0 saturated heterocycles. The minimum Gasteiger partial charge on any atom is -0.317 e. The molecule has 1 aromatic heterocycles. The normalized spacial score (nSPS) is 19.7. The first-order valence-electron chi connectivity index (χ1n) is 7.39. The van der Waals surface area contributed by atoms with E-state index in [0.29, 0.717) is 6.54 Å². The first-order chi connectivity index (χ1) is 10.0. The van der Waals surface area contributed by atoms with Crippen LogP contribution in [0.1, 0.15) is 43.8 Å². The molecular formula is C16H21ClN4. The Morgan fingerprint density at radius 3 is 3.00 bits per heavy atom. The van der Waals surface area contributed by atoms with E-state index in [1.54, 1.807) is 6.33 Å². The van der Waals surface area contributed by atoms with Crippen LogP contribution in [0.3, 0.4) is 0 Å². The molecule has 5 heteroatoms. The number of aryl methyl sites for hydroxylation is 1. The van der Waals surface area contributed by atoms with Crippen LogP contribution in [0, 0.1) is 5.41 Å². The first-order valence-corrected chi connectivity index (χ1v) is 7.77. The molecule has 112 valence electrons. The number of fused-ring (bicyclic) bond motifs is 1. The molecule has 1 atom stereocenters. The van der Waals surface area contributed by atoms with Crippen molar-refractivity contribution in [2.24, 2.45) is 5.41 Å². The number of rotatable bonds is 4. The lowest BCUT2D eigenvalue weighted by molar-refractivity contribution is 0.265. The van der Waals surface area contributed by atoms with Crippen molar-refractivity contribution in [1.82, 2.24) is 20.1 Å². The van der Waals surface area contributed by atoms with Crippen LogP contribution in [0.25, 0.3) is 0 Å². The molecular weight excluding hydrogens is 284 g/mol. The second kappa shape index (κ2) is 5.43. The molecule has 21 heavy (non-hydrogen) atoms. The molecule has 0 fully saturated rings. The number of halogens is 1. The molecule has 4 nitrogen and oxygen atoms in total. The van der Waals surface area contributed by atoms with E-state index in [9.17, 15) is 0 Å². The van der Waals surface area contributed by atoms with Gasteiger partial charge in [-0.1, -0.05) is 31.5 Å². The Labute approximate surface area is 130 Å². The quantitative estimate of drug-likeness (QED) is 0.942. The zero-order valence-electron chi connectivity index (χ0n) is 12.7. The third-order valence-electron chi connectivity index (χ3n) is 4.35. The summed E-state index contributed by atoms with van der Waals surface area (Å²) in [5.41, 5.74) is 2.87. The maximum Gasteiger partial charge on any atom is 0.146 e. The van der Waals surface area contributed by atoms with Gasteiger partial charge < -0.3 is 9.88 Å². The van der Waals surface area contributed by atoms with Crippen LogP contribution in [0.5, 0.6) is 0 Å². The average Bonchev–Trinajstić information content (AvgIpc) is 2.97. The summed E-state index contributed by atoms with van der Waals surface area (Å²) < 4.78 is 2.06. The number of hydrogen-bond acceptors (Lipinski definition) is 3. The van der Waals surface area contributed by atoms with Crippen molar-refractivity contribution in [3.63, 3.8) is 0 Å². The highest BCUT2D eigenvalue weighted by molar-refractivity contribution is 6.30. The predicted octanol–water partition coefficient (Wildman–Crippen LogP) is 3.36. The van der Waals surface area contributed by atoms with Crippen LogP contribution < -0.4 is 5.32 Å². The van der Waals surface area contributed by atoms with Gasteiger partial charge in [0.1, 0.15) is 12.2 Å². The lowest BCUT2D eigenvalue weighted by Gasteiger charge is -2.28. The minimum atomic E-state index is 0.171. The third kappa shape index (κ3) is 2.70. The number of nitrogens with zero attached hydrogens (tertiary/aromatic N) is 3. The van der Waals surface area contributed by atoms with Gasteiger partial charge in [0, 0.05) is 17.6 Å². The highest BCUT2D eigenvalue weighted by atomic mass is 35.5. The fourth-order valence-electron chi connectivity index (χ4n) is 3.27. The lowest BCUT2D eigenvalue weighted by atomic mass is 9.85. The monoisotopic (exact) mass is 304 g/mol. The topological polar surface area (TPSA) is 42.7 Å². The van der Waals surface area contributed by atoms with Crippen molar-refractivity contribution in [3.05, 3.63) is 46.5 Å². The number of benzene rings is 1. The number of aromatic nitrogens is 3. The standard InChI is InChI=1S/C16H21ClN4/c1-4-21-10-19-20-14(21)9-18-15-13-7-12(17)6-5-11(13)8-16(15,2)3/h5-7,10,15,18H,4,8-9H2,1-3H3. The maximum atomic E-state index is 6.17. The van der Waals surface area contributed by atoms with E-state index in [1.165, 1.54) is 11.1 Å². The third-order valence-corrected chi connectivity index (χ3v) is 4.58. The van der Waals surface area contributed by atoms with Gasteiger partial charge in [-0.05, 0) is 42.0 Å². The van der Waals surface area contributed by atoms with Crippen LogP contribution in [0.2, 0.25) is 5.02 Å². The van der Waals surface area contributed by atoms with Crippen molar-refractivity contribution in [1.29, 1.82) is 0 Å². The van der Waals surface area contributed by atoms with Crippen LogP contribution >= 0.6 is 11.6 Å². The SMILES string of the molecule is CCn1cnnc1CNC1c2cc(Cl)ccc2CC1(C)C. The largest absolute Gasteiger partial charge is 0.317 e. The molecule has 1 heterocycles. The fourth-order valence-corrected chi connectivity index (χ4v) is 3.45. The molecule has 0 radical (unpaired) electrons. The number of nitrogens with one attached hydrogen (secondary N) is 1. The van der Waals surface area contributed by atoms with Crippen LogP contribution in [0.4, 0.5) is 0 Å². The van der Waals surface area contributed by atoms with Crippen molar-refractivity contribution >= 4 is 11.6 Å². The smallest absolute Gasteiger partial charge is 0.146 e. The summed E-state index contributed by atoms with van der Waals surface area (Å²) in [6.07, 6.45) is 2.85. The molecule has 0 saturated carbocycles. The molecule has 3 rings (SSSR count). The van der Waals surface area contributed by atoms with E-state index in [4.69, 9.17) is 11.6 Å². The zero-order valence-corrected chi connectivity index (χ0v) is 13.5. The van der Waals surface area contributed by atoms with Gasteiger partial charge in [0.2, 0.25) is 0 Å². The van der Waals surface area contributed by atoms with Gasteiger partial charge in [-0.15, -0.1) is 10.2 Å². The Morgan fingerprint density at radius 2 is 2.24 bits per heavy atom. The highest BCUT2D eigenvalue weighted by Crippen LogP contribution is 2.45. The Kier molecular flexibility index (Phi) is 3.76. The molecule has 1 aliphatic carbocycles. The second-order valence-corrected chi connectivity index (χ2v) is 6.79. The van der Waals surface area contributed by atoms with E-state index in [2.05, 4.69) is 53.0 Å². The Hall–Kier alpha value is -1.39. The van der Waals surface area contributed by atoms with Gasteiger partial charge in [-0.2, -0.15) is 0 Å². The molecule has 0 spiro atoms. The number of hydrogen-bond donors (Lipinski definition) is 1. The molecule has 1 unspecified atom stereocenters. The summed E-state index contributed by atoms with van der Waals surface area (Å²) in [6.45, 7) is 8.29. The first kappa shape index (κ1) is 14.5. The van der Waals surface area contributed by atoms with Crippen LogP contribution in [-0.4, -0.2) is 14.8 Å². The predicted molar refractivity (Wildman–Crippen MR) is 84.2 cm³/mol. The maximum absolute atomic E-state index is 6.17. The molecule has 0 aliphatic heterocycles. The Balaban J connectivity index is 1.83. The van der Waals surface area contributed by atoms with Crippen molar-refractivity contribution in [2.45, 2.75) is 46.3 Å². The van der Waals surface area contributed by atoms with Crippen molar-refractivity contribution in [2.75, 3.05) is 0 Å². The van der Waals surface area contributed by atoms with Gasteiger partial charge in [-0.3, -0.25) is 0 Å². The second-order valence-electron chi connectivity index (χ2n) is 6.36. The van der Waals surface area contributed by atoms with E-state index in [-0.39, 0.29) is 11.5 Å². The summed E-state index contributed by atoms with van der Waals surface area (Å²) in [5, 5.41) is 12.6. The molecule has 2 aromatic rings. The van der Waals surface area contributed by atoms with E-state index < -0.39 is 0 Å². The van der Waals surface area contributed by atoms with Crippen LogP contribution in [0.15, 0.2) is 24.5 Å². The van der Waals surface area contributed by atoms with Gasteiger partial charge >= 0.3 is 0 Å². The van der Waals surface area contributed by atoms with E-state index in [0.717, 1.165) is 23.8 Å². The summed E-state index contributed by atoms with van der Waals surface area (Å²) in [6, 6.07) is 6.50. The summed E-state index contributed by atoms with van der Waals surface area (Å²) in [4.78, 5) is 0.